The number of para-hydroxylation sites is 1. The van der Waals surface area contributed by atoms with Crippen LogP contribution in [0, 0.1) is 6.92 Å². The second-order valence-corrected chi connectivity index (χ2v) is 5.78. The van der Waals surface area contributed by atoms with Crippen LogP contribution in [0.1, 0.15) is 21.5 Å². The number of ketones is 1. The predicted molar refractivity (Wildman–Crippen MR) is 96.1 cm³/mol. The van der Waals surface area contributed by atoms with E-state index in [0.29, 0.717) is 11.1 Å². The van der Waals surface area contributed by atoms with Crippen LogP contribution in [0.25, 0.3) is 22.3 Å². The highest BCUT2D eigenvalue weighted by Gasteiger charge is 2.21. The quantitative estimate of drug-likeness (QED) is 0.554. The van der Waals surface area contributed by atoms with Gasteiger partial charge in [0.1, 0.15) is 0 Å². The number of nitrogens with one attached hydrogen (secondary N) is 1. The number of aromatic nitrogens is 2. The SMILES string of the molecule is Cc1cccc2c(C(=O)c3ccccc3)c(-c3ccccn3)[nH]c12. The standard InChI is InChI=1S/C21H16N2O/c1-14-8-7-11-16-18(21(24)15-9-3-2-4-10-15)20(23-19(14)16)17-12-5-6-13-22-17/h2-13,23H,1H3. The number of aryl methyl sites for hydroxylation is 1. The van der Waals surface area contributed by atoms with Crippen molar-refractivity contribution in [3.05, 3.63) is 89.6 Å². The molecule has 0 atom stereocenters. The summed E-state index contributed by atoms with van der Waals surface area (Å²) >= 11 is 0. The number of hydrogen-bond donors (Lipinski definition) is 1. The Bertz CT molecular complexity index is 1020. The van der Waals surface area contributed by atoms with Crippen molar-refractivity contribution >= 4 is 16.7 Å². The van der Waals surface area contributed by atoms with Crippen molar-refractivity contribution in [1.29, 1.82) is 0 Å². The smallest absolute Gasteiger partial charge is 0.195 e. The maximum absolute atomic E-state index is 13.2. The monoisotopic (exact) mass is 312 g/mol. The van der Waals surface area contributed by atoms with Crippen LogP contribution in [0.2, 0.25) is 0 Å². The summed E-state index contributed by atoms with van der Waals surface area (Å²) in [6.45, 7) is 2.04. The van der Waals surface area contributed by atoms with Crippen molar-refractivity contribution in [2.45, 2.75) is 6.92 Å². The van der Waals surface area contributed by atoms with Gasteiger partial charge in [-0.15, -0.1) is 0 Å². The minimum Gasteiger partial charge on any atom is -0.352 e. The predicted octanol–water partition coefficient (Wildman–Crippen LogP) is 4.77. The zero-order chi connectivity index (χ0) is 16.5. The normalized spacial score (nSPS) is 10.9. The maximum atomic E-state index is 13.2. The topological polar surface area (TPSA) is 45.8 Å². The Morgan fingerprint density at radius 3 is 2.46 bits per heavy atom. The van der Waals surface area contributed by atoms with Gasteiger partial charge in [0, 0.05) is 22.7 Å². The molecule has 0 aliphatic carbocycles. The lowest BCUT2D eigenvalue weighted by Crippen LogP contribution is -2.02. The second kappa shape index (κ2) is 5.78. The molecule has 0 fully saturated rings. The Labute approximate surface area is 140 Å². The zero-order valence-electron chi connectivity index (χ0n) is 13.3. The minimum atomic E-state index is 0.00750. The lowest BCUT2D eigenvalue weighted by molar-refractivity contribution is 0.104. The van der Waals surface area contributed by atoms with E-state index in [1.54, 1.807) is 6.20 Å². The molecule has 24 heavy (non-hydrogen) atoms. The van der Waals surface area contributed by atoms with Gasteiger partial charge in [0.05, 0.1) is 17.0 Å². The van der Waals surface area contributed by atoms with Gasteiger partial charge >= 0.3 is 0 Å². The Balaban J connectivity index is 2.02. The number of rotatable bonds is 3. The van der Waals surface area contributed by atoms with Gasteiger partial charge in [0.15, 0.2) is 5.78 Å². The third-order valence-electron chi connectivity index (χ3n) is 4.23. The number of hydrogen-bond acceptors (Lipinski definition) is 2. The first kappa shape index (κ1) is 14.4. The molecule has 116 valence electrons. The van der Waals surface area contributed by atoms with Crippen LogP contribution in [0.4, 0.5) is 0 Å². The van der Waals surface area contributed by atoms with Gasteiger partial charge in [-0.3, -0.25) is 9.78 Å². The highest BCUT2D eigenvalue weighted by atomic mass is 16.1. The van der Waals surface area contributed by atoms with E-state index in [1.807, 2.05) is 73.7 Å². The number of carbonyl (C=O) groups is 1. The van der Waals surface area contributed by atoms with Crippen molar-refractivity contribution in [3.63, 3.8) is 0 Å². The lowest BCUT2D eigenvalue weighted by atomic mass is 9.98. The van der Waals surface area contributed by atoms with Crippen molar-refractivity contribution in [2.24, 2.45) is 0 Å². The van der Waals surface area contributed by atoms with Crippen LogP contribution in [-0.2, 0) is 0 Å². The summed E-state index contributed by atoms with van der Waals surface area (Å²) in [6.07, 6.45) is 1.74. The molecule has 0 saturated heterocycles. The third kappa shape index (κ3) is 2.31. The van der Waals surface area contributed by atoms with E-state index in [1.165, 1.54) is 0 Å². The van der Waals surface area contributed by atoms with Crippen molar-refractivity contribution in [2.75, 3.05) is 0 Å². The highest BCUT2D eigenvalue weighted by Crippen LogP contribution is 2.32. The number of nitrogens with zero attached hydrogens (tertiary/aromatic N) is 1. The molecule has 0 aliphatic heterocycles. The number of pyridine rings is 1. The molecular formula is C21H16N2O. The van der Waals surface area contributed by atoms with Crippen LogP contribution >= 0.6 is 0 Å². The summed E-state index contributed by atoms with van der Waals surface area (Å²) in [4.78, 5) is 21.0. The van der Waals surface area contributed by atoms with Crippen LogP contribution in [0.3, 0.4) is 0 Å². The number of fused-ring (bicyclic) bond motifs is 1. The highest BCUT2D eigenvalue weighted by molar-refractivity contribution is 6.20. The molecule has 0 saturated carbocycles. The summed E-state index contributed by atoms with van der Waals surface area (Å²) in [5, 5.41) is 0.935. The molecular weight excluding hydrogens is 296 g/mol. The van der Waals surface area contributed by atoms with Gasteiger partial charge in [-0.1, -0.05) is 54.6 Å². The molecule has 2 aromatic heterocycles. The number of benzene rings is 2. The van der Waals surface area contributed by atoms with Crippen molar-refractivity contribution in [3.8, 4) is 11.4 Å². The van der Waals surface area contributed by atoms with E-state index in [0.717, 1.165) is 27.9 Å². The van der Waals surface area contributed by atoms with E-state index in [-0.39, 0.29) is 5.78 Å². The van der Waals surface area contributed by atoms with Crippen molar-refractivity contribution in [1.82, 2.24) is 9.97 Å². The molecule has 3 heteroatoms. The fourth-order valence-electron chi connectivity index (χ4n) is 3.04. The molecule has 0 radical (unpaired) electrons. The van der Waals surface area contributed by atoms with Gasteiger partial charge in [-0.05, 0) is 24.6 Å². The first-order valence-corrected chi connectivity index (χ1v) is 7.88. The maximum Gasteiger partial charge on any atom is 0.195 e. The number of aromatic amines is 1. The molecule has 0 aliphatic rings. The molecule has 0 bridgehead atoms. The summed E-state index contributed by atoms with van der Waals surface area (Å²) < 4.78 is 0. The molecule has 4 rings (SSSR count). The Kier molecular flexibility index (Phi) is 3.47. The third-order valence-corrected chi connectivity index (χ3v) is 4.23. The first-order chi connectivity index (χ1) is 11.8. The fourth-order valence-corrected chi connectivity index (χ4v) is 3.04. The van der Waals surface area contributed by atoms with Crippen molar-refractivity contribution < 1.29 is 4.79 Å². The summed E-state index contributed by atoms with van der Waals surface area (Å²) in [5.41, 5.74) is 4.99. The van der Waals surface area contributed by atoms with E-state index >= 15 is 0 Å². The number of H-pyrrole nitrogens is 1. The lowest BCUT2D eigenvalue weighted by Gasteiger charge is -2.04. The van der Waals surface area contributed by atoms with Crippen LogP contribution in [0.15, 0.2) is 72.9 Å². The average molecular weight is 312 g/mol. The van der Waals surface area contributed by atoms with E-state index in [4.69, 9.17) is 0 Å². The van der Waals surface area contributed by atoms with E-state index < -0.39 is 0 Å². The molecule has 0 unspecified atom stereocenters. The van der Waals surface area contributed by atoms with Crippen LogP contribution in [0.5, 0.6) is 0 Å². The van der Waals surface area contributed by atoms with Gasteiger partial charge in [-0.2, -0.15) is 0 Å². The minimum absolute atomic E-state index is 0.00750. The summed E-state index contributed by atoms with van der Waals surface area (Å²) in [5.74, 6) is 0.00750. The zero-order valence-corrected chi connectivity index (χ0v) is 13.3. The second-order valence-electron chi connectivity index (χ2n) is 5.78. The molecule has 0 amide bonds. The van der Waals surface area contributed by atoms with Gasteiger partial charge in [-0.25, -0.2) is 0 Å². The fraction of sp³-hybridized carbons (Fsp3) is 0.0476. The molecule has 1 N–H and O–H groups in total. The first-order valence-electron chi connectivity index (χ1n) is 7.88. The Morgan fingerprint density at radius 1 is 0.917 bits per heavy atom. The molecule has 0 spiro atoms. The Hall–Kier alpha value is -3.20. The molecule has 2 aromatic carbocycles. The van der Waals surface area contributed by atoms with Gasteiger partial charge < -0.3 is 4.98 Å². The van der Waals surface area contributed by atoms with Crippen LogP contribution < -0.4 is 0 Å². The molecule has 4 aromatic rings. The Morgan fingerprint density at radius 2 is 1.71 bits per heavy atom. The van der Waals surface area contributed by atoms with E-state index in [9.17, 15) is 4.79 Å². The van der Waals surface area contributed by atoms with Crippen LogP contribution in [-0.4, -0.2) is 15.8 Å². The average Bonchev–Trinajstić information content (AvgIpc) is 3.03. The number of carbonyl (C=O) groups excluding carboxylic acids is 1. The largest absolute Gasteiger partial charge is 0.352 e. The summed E-state index contributed by atoms with van der Waals surface area (Å²) in [7, 11) is 0. The van der Waals surface area contributed by atoms with Gasteiger partial charge in [0.2, 0.25) is 0 Å². The van der Waals surface area contributed by atoms with E-state index in [2.05, 4.69) is 9.97 Å². The van der Waals surface area contributed by atoms with Gasteiger partial charge in [0.25, 0.3) is 0 Å². The summed E-state index contributed by atoms with van der Waals surface area (Å²) in [6, 6.07) is 21.1. The molecule has 3 nitrogen and oxygen atoms in total. The molecule has 2 heterocycles.